The monoisotopic (exact) mass is 608 g/mol. The Morgan fingerprint density at radius 1 is 0.951 bits per heavy atom. The molecule has 0 saturated carbocycles. The average molecular weight is 610 g/mol. The lowest BCUT2D eigenvalue weighted by Gasteiger charge is -2.36. The van der Waals surface area contributed by atoms with Crippen molar-refractivity contribution in [3.8, 4) is 27.3 Å². The van der Waals surface area contributed by atoms with Gasteiger partial charge in [-0.1, -0.05) is 71.7 Å². The molecule has 41 heavy (non-hydrogen) atoms. The summed E-state index contributed by atoms with van der Waals surface area (Å²) in [5, 5.41) is 16.0. The van der Waals surface area contributed by atoms with E-state index >= 15 is 0 Å². The topological polar surface area (TPSA) is 87.7 Å². The minimum Gasteiger partial charge on any atom is -0.494 e. The molecule has 0 unspecified atom stereocenters. The Bertz CT molecular complexity index is 1520. The number of hydrogen-bond donors (Lipinski definition) is 3. The number of ether oxygens (including phenoxy) is 1. The normalized spacial score (nSPS) is 14.4. The van der Waals surface area contributed by atoms with Crippen LogP contribution >= 0.6 is 34.5 Å². The van der Waals surface area contributed by atoms with Crippen molar-refractivity contribution in [2.24, 2.45) is 0 Å². The van der Waals surface area contributed by atoms with Gasteiger partial charge in [-0.15, -0.1) is 11.3 Å². The van der Waals surface area contributed by atoms with E-state index in [1.165, 1.54) is 11.3 Å². The van der Waals surface area contributed by atoms with E-state index in [9.17, 15) is 9.59 Å². The van der Waals surface area contributed by atoms with E-state index in [0.29, 0.717) is 59.6 Å². The van der Waals surface area contributed by atoms with Gasteiger partial charge in [0.1, 0.15) is 5.75 Å². The first-order valence-electron chi connectivity index (χ1n) is 13.5. The van der Waals surface area contributed by atoms with Crippen LogP contribution in [0.4, 0.5) is 0 Å². The number of aliphatic hydroxyl groups excluding tert-OH is 1. The molecule has 1 aliphatic rings. The van der Waals surface area contributed by atoms with Crippen LogP contribution in [-0.2, 0) is 10.2 Å². The molecule has 0 spiro atoms. The third-order valence-electron chi connectivity index (χ3n) is 7.31. The van der Waals surface area contributed by atoms with Crippen LogP contribution in [0.5, 0.6) is 5.75 Å². The molecular formula is C32H30Cl2N2O4S. The molecule has 6 nitrogen and oxygen atoms in total. The largest absolute Gasteiger partial charge is 0.494 e. The summed E-state index contributed by atoms with van der Waals surface area (Å²) in [5.74, 6) is -0.0590. The number of aliphatic hydroxyl groups is 1. The van der Waals surface area contributed by atoms with E-state index in [2.05, 4.69) is 10.6 Å². The van der Waals surface area contributed by atoms with Gasteiger partial charge >= 0.3 is 0 Å². The van der Waals surface area contributed by atoms with Gasteiger partial charge in [0, 0.05) is 34.1 Å². The zero-order chi connectivity index (χ0) is 28.8. The van der Waals surface area contributed by atoms with Gasteiger partial charge in [-0.25, -0.2) is 0 Å². The van der Waals surface area contributed by atoms with Crippen LogP contribution in [-0.4, -0.2) is 43.2 Å². The number of carbonyl (C=O) groups is 2. The molecule has 3 aromatic carbocycles. The van der Waals surface area contributed by atoms with Crippen LogP contribution in [0, 0.1) is 0 Å². The van der Waals surface area contributed by atoms with Crippen molar-refractivity contribution >= 4 is 46.4 Å². The standard InChI is InChI=1S/C32H30Cl2N2O4S/c33-23-9-12-25(27(34)19-23)29-26(21-7-10-24(11-8-21)40-18-4-17-37)20-28(41-29)30(38)36-31(39)32(13-15-35-16-14-32)22-5-2-1-3-6-22/h1-3,5-12,19-20,35,37H,4,13-18H2,(H,36,38,39). The Morgan fingerprint density at radius 3 is 2.37 bits per heavy atom. The number of nitrogens with one attached hydrogen (secondary N) is 2. The van der Waals surface area contributed by atoms with Gasteiger partial charge in [-0.2, -0.15) is 0 Å². The lowest BCUT2D eigenvalue weighted by molar-refractivity contribution is -0.126. The number of amides is 2. The molecule has 1 fully saturated rings. The van der Waals surface area contributed by atoms with Gasteiger partial charge in [0.2, 0.25) is 5.91 Å². The highest BCUT2D eigenvalue weighted by atomic mass is 35.5. The van der Waals surface area contributed by atoms with E-state index in [1.807, 2.05) is 60.7 Å². The Kier molecular flexibility index (Phi) is 9.42. The van der Waals surface area contributed by atoms with Crippen molar-refractivity contribution in [3.63, 3.8) is 0 Å². The van der Waals surface area contributed by atoms with E-state index in [0.717, 1.165) is 27.1 Å². The predicted octanol–water partition coefficient (Wildman–Crippen LogP) is 6.73. The molecule has 0 aliphatic carbocycles. The lowest BCUT2D eigenvalue weighted by atomic mass is 9.72. The minimum absolute atomic E-state index is 0.0644. The first kappa shape index (κ1) is 29.3. The number of carbonyl (C=O) groups excluding carboxylic acids is 2. The maximum atomic E-state index is 13.8. The molecule has 2 heterocycles. The molecular weight excluding hydrogens is 579 g/mol. The Hall–Kier alpha value is -3.20. The fraction of sp³-hybridized carbons (Fsp3) is 0.250. The Labute approximate surface area is 253 Å². The maximum absolute atomic E-state index is 13.8. The molecule has 1 saturated heterocycles. The van der Waals surface area contributed by atoms with Crippen LogP contribution in [0.3, 0.4) is 0 Å². The summed E-state index contributed by atoms with van der Waals surface area (Å²) in [5.41, 5.74) is 2.54. The summed E-state index contributed by atoms with van der Waals surface area (Å²) in [6, 6.07) is 24.3. The summed E-state index contributed by atoms with van der Waals surface area (Å²) in [7, 11) is 0. The second-order valence-electron chi connectivity index (χ2n) is 9.91. The number of hydrogen-bond acceptors (Lipinski definition) is 6. The predicted molar refractivity (Wildman–Crippen MR) is 165 cm³/mol. The fourth-order valence-electron chi connectivity index (χ4n) is 5.12. The number of benzene rings is 3. The van der Waals surface area contributed by atoms with Crippen molar-refractivity contribution in [1.82, 2.24) is 10.6 Å². The van der Waals surface area contributed by atoms with Crippen LogP contribution in [0.15, 0.2) is 78.9 Å². The molecule has 212 valence electrons. The SMILES string of the molecule is O=C(NC(=O)C1(c2ccccc2)CCNCC1)c1cc(-c2ccc(OCCCO)cc2)c(-c2ccc(Cl)cc2Cl)s1. The number of imide groups is 1. The van der Waals surface area contributed by atoms with E-state index in [1.54, 1.807) is 18.2 Å². The Morgan fingerprint density at radius 2 is 1.68 bits per heavy atom. The van der Waals surface area contributed by atoms with E-state index < -0.39 is 11.3 Å². The zero-order valence-corrected chi connectivity index (χ0v) is 24.6. The maximum Gasteiger partial charge on any atom is 0.267 e. The van der Waals surface area contributed by atoms with Gasteiger partial charge in [0.25, 0.3) is 5.91 Å². The average Bonchev–Trinajstić information content (AvgIpc) is 3.44. The number of halogens is 2. The highest BCUT2D eigenvalue weighted by Gasteiger charge is 2.42. The van der Waals surface area contributed by atoms with Crippen molar-refractivity contribution in [1.29, 1.82) is 0 Å². The van der Waals surface area contributed by atoms with Crippen LogP contribution in [0.1, 0.15) is 34.5 Å². The summed E-state index contributed by atoms with van der Waals surface area (Å²) in [6.45, 7) is 1.87. The van der Waals surface area contributed by atoms with Crippen molar-refractivity contribution < 1.29 is 19.4 Å². The molecule has 5 rings (SSSR count). The Balaban J connectivity index is 1.47. The number of piperidine rings is 1. The first-order chi connectivity index (χ1) is 19.9. The first-order valence-corrected chi connectivity index (χ1v) is 15.0. The summed E-state index contributed by atoms with van der Waals surface area (Å²) >= 11 is 14.0. The summed E-state index contributed by atoms with van der Waals surface area (Å²) in [4.78, 5) is 28.5. The molecule has 4 aromatic rings. The molecule has 0 radical (unpaired) electrons. The fourth-order valence-corrected chi connectivity index (χ4v) is 6.79. The second-order valence-corrected chi connectivity index (χ2v) is 11.8. The molecule has 2 amide bonds. The molecule has 3 N–H and O–H groups in total. The zero-order valence-electron chi connectivity index (χ0n) is 22.3. The molecule has 1 aromatic heterocycles. The van der Waals surface area contributed by atoms with Gasteiger partial charge in [0.15, 0.2) is 0 Å². The lowest BCUT2D eigenvalue weighted by Crippen LogP contribution is -2.52. The smallest absolute Gasteiger partial charge is 0.267 e. The highest BCUT2D eigenvalue weighted by molar-refractivity contribution is 7.18. The van der Waals surface area contributed by atoms with Gasteiger partial charge in [-0.3, -0.25) is 14.9 Å². The minimum atomic E-state index is -0.781. The van der Waals surface area contributed by atoms with E-state index in [-0.39, 0.29) is 12.5 Å². The van der Waals surface area contributed by atoms with Gasteiger partial charge in [-0.05, 0) is 67.4 Å². The summed E-state index contributed by atoms with van der Waals surface area (Å²) < 4.78 is 5.68. The number of thiophene rings is 1. The van der Waals surface area contributed by atoms with Crippen LogP contribution in [0.2, 0.25) is 10.0 Å². The third-order valence-corrected chi connectivity index (χ3v) is 9.03. The van der Waals surface area contributed by atoms with Crippen molar-refractivity contribution in [3.05, 3.63) is 99.3 Å². The summed E-state index contributed by atoms with van der Waals surface area (Å²) in [6.07, 6.45) is 1.75. The molecule has 0 atom stereocenters. The molecule has 9 heteroatoms. The van der Waals surface area contributed by atoms with Crippen LogP contribution in [0.25, 0.3) is 21.6 Å². The van der Waals surface area contributed by atoms with Gasteiger partial charge < -0.3 is 15.2 Å². The third kappa shape index (κ3) is 6.50. The quantitative estimate of drug-likeness (QED) is 0.145. The number of rotatable bonds is 9. The molecule has 0 bridgehead atoms. The second kappa shape index (κ2) is 13.2. The van der Waals surface area contributed by atoms with Crippen molar-refractivity contribution in [2.75, 3.05) is 26.3 Å². The van der Waals surface area contributed by atoms with Crippen LogP contribution < -0.4 is 15.4 Å². The highest BCUT2D eigenvalue weighted by Crippen LogP contribution is 2.43. The van der Waals surface area contributed by atoms with Gasteiger partial charge in [0.05, 0.1) is 21.9 Å². The van der Waals surface area contributed by atoms with Crippen molar-refractivity contribution in [2.45, 2.75) is 24.7 Å². The molecule has 1 aliphatic heterocycles. The van der Waals surface area contributed by atoms with E-state index in [4.69, 9.17) is 33.0 Å².